The van der Waals surface area contributed by atoms with Gasteiger partial charge in [0.05, 0.1) is 10.6 Å². The molecule has 2 N–H and O–H groups in total. The molecule has 1 amide bonds. The number of pyridine rings is 1. The van der Waals surface area contributed by atoms with Crippen molar-refractivity contribution in [2.75, 3.05) is 12.4 Å². The zero-order chi connectivity index (χ0) is 13.8. The highest BCUT2D eigenvalue weighted by Crippen LogP contribution is 2.25. The Kier molecular flexibility index (Phi) is 4.64. The maximum atomic E-state index is 12.3. The summed E-state index contributed by atoms with van der Waals surface area (Å²) in [6.07, 6.45) is 6.17. The number of aromatic nitrogens is 1. The SMILES string of the molecule is CNc1cc(C(=O)NC2CCCCC2C)c(Cl)cn1. The van der Waals surface area contributed by atoms with Crippen LogP contribution in [0.3, 0.4) is 0 Å². The van der Waals surface area contributed by atoms with E-state index in [2.05, 4.69) is 22.5 Å². The van der Waals surface area contributed by atoms with Crippen molar-refractivity contribution < 1.29 is 4.79 Å². The van der Waals surface area contributed by atoms with Crippen LogP contribution < -0.4 is 10.6 Å². The van der Waals surface area contributed by atoms with Crippen molar-refractivity contribution in [2.45, 2.75) is 38.6 Å². The van der Waals surface area contributed by atoms with Gasteiger partial charge in [-0.15, -0.1) is 0 Å². The largest absolute Gasteiger partial charge is 0.373 e. The zero-order valence-corrected chi connectivity index (χ0v) is 12.1. The molecule has 2 unspecified atom stereocenters. The topological polar surface area (TPSA) is 54.0 Å². The number of anilines is 1. The number of rotatable bonds is 3. The van der Waals surface area contributed by atoms with E-state index < -0.39 is 0 Å². The number of halogens is 1. The standard InChI is InChI=1S/C14H20ClN3O/c1-9-5-3-4-6-12(9)18-14(19)10-7-13(16-2)17-8-11(10)15/h7-9,12H,3-6H2,1-2H3,(H,16,17)(H,18,19). The summed E-state index contributed by atoms with van der Waals surface area (Å²) < 4.78 is 0. The quantitative estimate of drug-likeness (QED) is 0.895. The van der Waals surface area contributed by atoms with Gasteiger partial charge in [0, 0.05) is 19.3 Å². The predicted octanol–water partition coefficient (Wildman–Crippen LogP) is 3.09. The Labute approximate surface area is 118 Å². The normalized spacial score (nSPS) is 22.9. The van der Waals surface area contributed by atoms with Crippen molar-refractivity contribution in [1.29, 1.82) is 0 Å². The van der Waals surface area contributed by atoms with Crippen molar-refractivity contribution in [3.05, 3.63) is 22.8 Å². The van der Waals surface area contributed by atoms with E-state index in [9.17, 15) is 4.79 Å². The predicted molar refractivity (Wildman–Crippen MR) is 77.7 cm³/mol. The minimum atomic E-state index is -0.109. The molecule has 0 bridgehead atoms. The molecule has 1 aromatic heterocycles. The molecule has 0 saturated heterocycles. The number of nitrogens with zero attached hydrogens (tertiary/aromatic N) is 1. The van der Waals surface area contributed by atoms with Gasteiger partial charge in [-0.2, -0.15) is 0 Å². The van der Waals surface area contributed by atoms with E-state index in [0.717, 1.165) is 6.42 Å². The van der Waals surface area contributed by atoms with Crippen LogP contribution in [0, 0.1) is 5.92 Å². The third-order valence-electron chi connectivity index (χ3n) is 3.78. The van der Waals surface area contributed by atoms with E-state index >= 15 is 0 Å². The van der Waals surface area contributed by atoms with Crippen LogP contribution in [-0.4, -0.2) is 24.0 Å². The molecule has 1 aromatic rings. The van der Waals surface area contributed by atoms with Gasteiger partial charge in [-0.3, -0.25) is 4.79 Å². The fourth-order valence-electron chi connectivity index (χ4n) is 2.53. The Morgan fingerprint density at radius 1 is 1.42 bits per heavy atom. The van der Waals surface area contributed by atoms with E-state index in [4.69, 9.17) is 11.6 Å². The molecule has 1 saturated carbocycles. The van der Waals surface area contributed by atoms with Crippen LogP contribution in [0.5, 0.6) is 0 Å². The second-order valence-corrected chi connectivity index (χ2v) is 5.55. The highest BCUT2D eigenvalue weighted by atomic mass is 35.5. The first-order valence-electron chi connectivity index (χ1n) is 6.76. The molecule has 0 aliphatic heterocycles. The van der Waals surface area contributed by atoms with Gasteiger partial charge in [-0.1, -0.05) is 31.4 Å². The molecule has 0 spiro atoms. The summed E-state index contributed by atoms with van der Waals surface area (Å²) in [7, 11) is 1.77. The molecule has 1 fully saturated rings. The van der Waals surface area contributed by atoms with Gasteiger partial charge in [-0.25, -0.2) is 4.98 Å². The van der Waals surface area contributed by atoms with Gasteiger partial charge in [-0.05, 0) is 24.8 Å². The van der Waals surface area contributed by atoms with Crippen LogP contribution in [-0.2, 0) is 0 Å². The van der Waals surface area contributed by atoms with E-state index in [1.807, 2.05) is 0 Å². The fourth-order valence-corrected chi connectivity index (χ4v) is 2.72. The number of amides is 1. The first kappa shape index (κ1) is 14.1. The smallest absolute Gasteiger partial charge is 0.253 e. The molecule has 1 heterocycles. The van der Waals surface area contributed by atoms with Crippen LogP contribution >= 0.6 is 11.6 Å². The molecule has 1 aliphatic rings. The minimum absolute atomic E-state index is 0.109. The molecule has 1 aliphatic carbocycles. The third-order valence-corrected chi connectivity index (χ3v) is 4.09. The number of hydrogen-bond donors (Lipinski definition) is 2. The van der Waals surface area contributed by atoms with Crippen molar-refractivity contribution in [3.63, 3.8) is 0 Å². The lowest BCUT2D eigenvalue weighted by Crippen LogP contribution is -2.41. The fraction of sp³-hybridized carbons (Fsp3) is 0.571. The Morgan fingerprint density at radius 2 is 2.16 bits per heavy atom. The van der Waals surface area contributed by atoms with Crippen LogP contribution in [0.25, 0.3) is 0 Å². The minimum Gasteiger partial charge on any atom is -0.373 e. The molecule has 2 rings (SSSR count). The molecule has 0 aromatic carbocycles. The van der Waals surface area contributed by atoms with Gasteiger partial charge in [0.1, 0.15) is 5.82 Å². The van der Waals surface area contributed by atoms with Crippen molar-refractivity contribution in [1.82, 2.24) is 10.3 Å². The monoisotopic (exact) mass is 281 g/mol. The molecule has 2 atom stereocenters. The average Bonchev–Trinajstić information content (AvgIpc) is 2.42. The number of carbonyl (C=O) groups excluding carboxylic acids is 1. The van der Waals surface area contributed by atoms with Crippen molar-refractivity contribution in [2.24, 2.45) is 5.92 Å². The van der Waals surface area contributed by atoms with Gasteiger partial charge in [0.15, 0.2) is 0 Å². The molecule has 0 radical (unpaired) electrons. The van der Waals surface area contributed by atoms with E-state index in [1.165, 1.54) is 25.5 Å². The summed E-state index contributed by atoms with van der Waals surface area (Å²) in [5.41, 5.74) is 0.485. The lowest BCUT2D eigenvalue weighted by Gasteiger charge is -2.29. The second-order valence-electron chi connectivity index (χ2n) is 5.14. The van der Waals surface area contributed by atoms with Gasteiger partial charge in [0.25, 0.3) is 5.91 Å². The summed E-state index contributed by atoms with van der Waals surface area (Å²) in [4.78, 5) is 16.4. The number of hydrogen-bond acceptors (Lipinski definition) is 3. The summed E-state index contributed by atoms with van der Waals surface area (Å²) >= 11 is 6.05. The second kappa shape index (κ2) is 6.24. The van der Waals surface area contributed by atoms with Crippen LogP contribution in [0.1, 0.15) is 43.0 Å². The van der Waals surface area contributed by atoms with Gasteiger partial charge >= 0.3 is 0 Å². The highest BCUT2D eigenvalue weighted by Gasteiger charge is 2.24. The van der Waals surface area contributed by atoms with E-state index in [1.54, 1.807) is 13.1 Å². The van der Waals surface area contributed by atoms with E-state index in [-0.39, 0.29) is 11.9 Å². The van der Waals surface area contributed by atoms with Crippen LogP contribution in [0.4, 0.5) is 5.82 Å². The first-order chi connectivity index (χ1) is 9.11. The molecular formula is C14H20ClN3O. The van der Waals surface area contributed by atoms with Crippen LogP contribution in [0.2, 0.25) is 5.02 Å². The van der Waals surface area contributed by atoms with E-state index in [0.29, 0.717) is 22.3 Å². The molecule has 4 nitrogen and oxygen atoms in total. The van der Waals surface area contributed by atoms with Crippen LogP contribution in [0.15, 0.2) is 12.3 Å². The average molecular weight is 282 g/mol. The maximum absolute atomic E-state index is 12.3. The molecule has 19 heavy (non-hydrogen) atoms. The Balaban J connectivity index is 2.10. The Morgan fingerprint density at radius 3 is 2.84 bits per heavy atom. The van der Waals surface area contributed by atoms with Crippen molar-refractivity contribution in [3.8, 4) is 0 Å². The third kappa shape index (κ3) is 3.38. The number of nitrogens with one attached hydrogen (secondary N) is 2. The van der Waals surface area contributed by atoms with Gasteiger partial charge in [0.2, 0.25) is 0 Å². The summed E-state index contributed by atoms with van der Waals surface area (Å²) in [6.45, 7) is 2.19. The highest BCUT2D eigenvalue weighted by molar-refractivity contribution is 6.33. The molecular weight excluding hydrogens is 262 g/mol. The Hall–Kier alpha value is -1.29. The lowest BCUT2D eigenvalue weighted by atomic mass is 9.86. The summed E-state index contributed by atoms with van der Waals surface area (Å²) in [6, 6.07) is 1.94. The maximum Gasteiger partial charge on any atom is 0.253 e. The van der Waals surface area contributed by atoms with Gasteiger partial charge < -0.3 is 10.6 Å². The first-order valence-corrected chi connectivity index (χ1v) is 7.13. The molecule has 104 valence electrons. The molecule has 5 heteroatoms. The zero-order valence-electron chi connectivity index (χ0n) is 11.4. The van der Waals surface area contributed by atoms with Crippen molar-refractivity contribution >= 4 is 23.3 Å². The lowest BCUT2D eigenvalue weighted by molar-refractivity contribution is 0.0910. The Bertz CT molecular complexity index is 464. The summed E-state index contributed by atoms with van der Waals surface area (Å²) in [5.74, 6) is 1.07. The number of carbonyl (C=O) groups is 1. The summed E-state index contributed by atoms with van der Waals surface area (Å²) in [5, 5.41) is 6.40.